The highest BCUT2D eigenvalue weighted by Gasteiger charge is 2.75. The van der Waals surface area contributed by atoms with Gasteiger partial charge in [0.15, 0.2) is 5.78 Å². The number of hydrogen-bond donors (Lipinski definition) is 8. The summed E-state index contributed by atoms with van der Waals surface area (Å²) in [4.78, 5) is 14.6. The lowest BCUT2D eigenvalue weighted by Crippen LogP contribution is -2.69. The number of rotatable bonds is 8. The number of ether oxygens (including phenoxy) is 1. The molecule has 0 aromatic rings. The van der Waals surface area contributed by atoms with Crippen LogP contribution in [-0.4, -0.2) is 92.8 Å². The van der Waals surface area contributed by atoms with E-state index in [1.165, 1.54) is 19.3 Å². The molecule has 5 fully saturated rings. The Morgan fingerprint density at radius 2 is 1.89 bits per heavy atom. The molecule has 1 spiro atoms. The predicted molar refractivity (Wildman–Crippen MR) is 211 cm³/mol. The molecule has 6 aliphatic carbocycles. The molecule has 10 heteroatoms. The lowest BCUT2D eigenvalue weighted by Gasteiger charge is -2.67. The van der Waals surface area contributed by atoms with Gasteiger partial charge in [-0.3, -0.25) is 4.79 Å². The molecule has 0 aromatic carbocycles. The first-order chi connectivity index (χ1) is 26.0. The molecule has 0 aromatic heterocycles. The Labute approximate surface area is 328 Å². The van der Waals surface area contributed by atoms with Crippen LogP contribution in [0, 0.1) is 57.7 Å². The van der Waals surface area contributed by atoms with Gasteiger partial charge in [0, 0.05) is 35.4 Å². The van der Waals surface area contributed by atoms with Crippen molar-refractivity contribution in [2.75, 3.05) is 13.6 Å². The smallest absolute Gasteiger partial charge is 0.159 e. The molecule has 10 nitrogen and oxygen atoms in total. The van der Waals surface area contributed by atoms with Crippen molar-refractivity contribution in [3.05, 3.63) is 47.7 Å². The zero-order valence-corrected chi connectivity index (χ0v) is 33.8. The second-order valence-corrected chi connectivity index (χ2v) is 20.1. The van der Waals surface area contributed by atoms with Crippen molar-refractivity contribution in [3.63, 3.8) is 0 Å². The summed E-state index contributed by atoms with van der Waals surface area (Å²) in [5.41, 5.74) is 2.53. The fraction of sp³-hybridized carbons (Fsp3) is 0.800. The molecule has 0 amide bonds. The van der Waals surface area contributed by atoms with E-state index in [0.717, 1.165) is 30.8 Å². The summed E-state index contributed by atoms with van der Waals surface area (Å²) >= 11 is 0. The zero-order valence-electron chi connectivity index (χ0n) is 33.8. The number of ketones is 1. The van der Waals surface area contributed by atoms with E-state index in [-0.39, 0.29) is 48.6 Å². The fourth-order valence-electron chi connectivity index (χ4n) is 14.7. The molecule has 306 valence electrons. The molecular weight excluding hydrogens is 695 g/mol. The highest BCUT2D eigenvalue weighted by Crippen LogP contribution is 2.75. The SMILES string of the molecule is CCC[C@H]1CC[C@H]2[C@H](C)[C@H]([C@@H](O)[C@](C)(O)[C@H]3CC[C@@]4(O)C5=CC(=O)[C@@H]6C[C@@H](O)[C@@H](O)C[C@@]67C[C@H](C6=CNC(N)C=C6)C=C[C@@](CNC)(C[C@]34C)[C@@H]57)O[C@@H]2CC1. The van der Waals surface area contributed by atoms with Crippen molar-refractivity contribution >= 4 is 5.78 Å². The van der Waals surface area contributed by atoms with E-state index >= 15 is 0 Å². The molecule has 8 aliphatic rings. The van der Waals surface area contributed by atoms with Gasteiger partial charge in [0.2, 0.25) is 0 Å². The number of hydrogen-bond acceptors (Lipinski definition) is 10. The van der Waals surface area contributed by atoms with Crippen molar-refractivity contribution in [1.29, 1.82) is 0 Å². The molecule has 55 heavy (non-hydrogen) atoms. The molecule has 4 saturated carbocycles. The van der Waals surface area contributed by atoms with Gasteiger partial charge >= 0.3 is 0 Å². The molecule has 2 aliphatic heterocycles. The maximum Gasteiger partial charge on any atom is 0.159 e. The average molecular weight is 764 g/mol. The maximum atomic E-state index is 14.6. The van der Waals surface area contributed by atoms with Gasteiger partial charge in [-0.1, -0.05) is 58.3 Å². The molecule has 1 saturated heterocycles. The van der Waals surface area contributed by atoms with E-state index in [2.05, 4.69) is 43.6 Å². The third kappa shape index (κ3) is 5.96. The first kappa shape index (κ1) is 39.9. The monoisotopic (exact) mass is 764 g/mol. The Bertz CT molecular complexity index is 1630. The number of allylic oxidation sites excluding steroid dienone is 4. The number of carbonyl (C=O) groups is 1. The molecule has 9 N–H and O–H groups in total. The Balaban J connectivity index is 1.19. The van der Waals surface area contributed by atoms with Gasteiger partial charge in [0.25, 0.3) is 0 Å². The first-order valence-electron chi connectivity index (χ1n) is 21.7. The molecular formula is C45H69N3O7. The number of nitrogens with two attached hydrogens (primary N) is 1. The van der Waals surface area contributed by atoms with Crippen LogP contribution in [0.25, 0.3) is 0 Å². The summed E-state index contributed by atoms with van der Waals surface area (Å²) in [6, 6.07) is 0. The quantitative estimate of drug-likeness (QED) is 0.169. The van der Waals surface area contributed by atoms with Crippen LogP contribution in [0.1, 0.15) is 105 Å². The fourth-order valence-corrected chi connectivity index (χ4v) is 14.7. The molecule has 2 heterocycles. The number of fused-ring (bicyclic) bond motifs is 3. The molecule has 8 rings (SSSR count). The second kappa shape index (κ2) is 14.1. The van der Waals surface area contributed by atoms with Crippen LogP contribution < -0.4 is 16.4 Å². The van der Waals surface area contributed by atoms with Gasteiger partial charge in [-0.2, -0.15) is 0 Å². The average Bonchev–Trinajstić information content (AvgIpc) is 3.44. The van der Waals surface area contributed by atoms with Crippen LogP contribution in [0.3, 0.4) is 0 Å². The minimum absolute atomic E-state index is 0.0776. The zero-order chi connectivity index (χ0) is 39.3. The minimum atomic E-state index is -1.59. The first-order valence-corrected chi connectivity index (χ1v) is 21.7. The van der Waals surface area contributed by atoms with E-state index < -0.39 is 63.7 Å². The summed E-state index contributed by atoms with van der Waals surface area (Å²) in [6.07, 6.45) is 17.4. The van der Waals surface area contributed by atoms with Gasteiger partial charge in [0.05, 0.1) is 41.8 Å². The van der Waals surface area contributed by atoms with E-state index in [0.29, 0.717) is 43.7 Å². The Kier molecular flexibility index (Phi) is 10.3. The normalized spacial score (nSPS) is 50.6. The molecule has 0 radical (unpaired) electrons. The van der Waals surface area contributed by atoms with Gasteiger partial charge in [0.1, 0.15) is 6.10 Å². The van der Waals surface area contributed by atoms with Gasteiger partial charge in [-0.15, -0.1) is 0 Å². The van der Waals surface area contributed by atoms with E-state index in [1.54, 1.807) is 13.0 Å². The number of nitrogens with one attached hydrogen (secondary N) is 2. The number of dihydropyridines is 1. The van der Waals surface area contributed by atoms with E-state index in [4.69, 9.17) is 10.5 Å². The van der Waals surface area contributed by atoms with E-state index in [9.17, 15) is 30.3 Å². The van der Waals surface area contributed by atoms with Gasteiger partial charge in [-0.25, -0.2) is 0 Å². The van der Waals surface area contributed by atoms with Crippen molar-refractivity contribution in [3.8, 4) is 0 Å². The van der Waals surface area contributed by atoms with Crippen LogP contribution >= 0.6 is 0 Å². The standard InChI is InChI=1S/C45H69N3O7/c1-6-7-26-8-11-29-25(2)38(55-35(29)12-9-26)40(52)42(4,53)36-15-17-45(54)31-19-32(49)30-18-33(50)34(51)21-44(30)20-27(28-10-13-37(46)48-22-28)14-16-43(24-47-5,39(31)44)23-41(36,45)3/h10,13-14,16,19,22,25-27,29-30,33-40,47-48,50-54H,6-9,11-12,15,17-18,20-21,23-24,46H2,1-5H3/t25-,26-,27+,29-,30-,33+,34-,35+,36-,37?,38+,39+,40+,41+,42+,43-,44-,45+/m0/s1. The number of carbonyl (C=O) groups excluding carboxylic acids is 1. The number of aliphatic hydroxyl groups excluding tert-OH is 3. The lowest BCUT2D eigenvalue weighted by molar-refractivity contribution is -0.213. The van der Waals surface area contributed by atoms with Crippen LogP contribution in [-0.2, 0) is 9.53 Å². The van der Waals surface area contributed by atoms with Gasteiger partial charge in [-0.05, 0) is 130 Å². The van der Waals surface area contributed by atoms with Crippen LogP contribution in [0.2, 0.25) is 0 Å². The highest BCUT2D eigenvalue weighted by molar-refractivity contribution is 5.95. The van der Waals surface area contributed by atoms with Crippen LogP contribution in [0.15, 0.2) is 47.7 Å². The molecule has 18 atom stereocenters. The second-order valence-electron chi connectivity index (χ2n) is 20.1. The summed E-state index contributed by atoms with van der Waals surface area (Å²) in [7, 11) is 1.93. The van der Waals surface area contributed by atoms with Crippen LogP contribution in [0.4, 0.5) is 0 Å². The summed E-state index contributed by atoms with van der Waals surface area (Å²) in [6.45, 7) is 8.82. The molecule has 0 bridgehead atoms. The summed E-state index contributed by atoms with van der Waals surface area (Å²) in [5.74, 6) is -0.395. The largest absolute Gasteiger partial charge is 0.390 e. The lowest BCUT2D eigenvalue weighted by atomic mass is 9.38. The Hall–Kier alpha value is -1.89. The van der Waals surface area contributed by atoms with Crippen molar-refractivity contribution in [1.82, 2.24) is 10.6 Å². The topological polar surface area (TPSA) is 178 Å². The Morgan fingerprint density at radius 3 is 2.60 bits per heavy atom. The molecule has 1 unspecified atom stereocenters. The number of aliphatic hydroxyl groups is 5. The van der Waals surface area contributed by atoms with Gasteiger partial charge < -0.3 is 46.6 Å². The summed E-state index contributed by atoms with van der Waals surface area (Å²) in [5, 5.41) is 67.9. The third-order valence-corrected chi connectivity index (χ3v) is 17.2. The van der Waals surface area contributed by atoms with Crippen molar-refractivity contribution in [2.24, 2.45) is 63.4 Å². The van der Waals surface area contributed by atoms with Crippen molar-refractivity contribution in [2.45, 2.75) is 153 Å². The minimum Gasteiger partial charge on any atom is -0.390 e. The van der Waals surface area contributed by atoms with E-state index in [1.807, 2.05) is 25.4 Å². The third-order valence-electron chi connectivity index (χ3n) is 17.2. The van der Waals surface area contributed by atoms with Crippen LogP contribution in [0.5, 0.6) is 0 Å². The maximum absolute atomic E-state index is 14.6. The van der Waals surface area contributed by atoms with Crippen molar-refractivity contribution < 1.29 is 35.1 Å². The predicted octanol–water partition coefficient (Wildman–Crippen LogP) is 4.01. The highest BCUT2D eigenvalue weighted by atomic mass is 16.5. The summed E-state index contributed by atoms with van der Waals surface area (Å²) < 4.78 is 6.76. The Morgan fingerprint density at radius 1 is 1.13 bits per heavy atom.